The maximum atomic E-state index is 12.0. The van der Waals surface area contributed by atoms with Crippen LogP contribution >= 0.6 is 11.3 Å². The number of hydrogen-bond acceptors (Lipinski definition) is 8. The Bertz CT molecular complexity index is 1060. The lowest BCUT2D eigenvalue weighted by atomic mass is 10.1. The van der Waals surface area contributed by atoms with E-state index in [1.807, 2.05) is 31.4 Å². The molecule has 1 aliphatic carbocycles. The second kappa shape index (κ2) is 8.14. The number of fused-ring (bicyclic) bond motifs is 1. The van der Waals surface area contributed by atoms with Gasteiger partial charge >= 0.3 is 0 Å². The lowest BCUT2D eigenvalue weighted by Crippen LogP contribution is -2.30. The summed E-state index contributed by atoms with van der Waals surface area (Å²) in [5.74, 6) is 1.49. The number of likely N-dealkylation sites (N-methyl/N-ethyl adjacent to an activating group) is 1. The van der Waals surface area contributed by atoms with Crippen molar-refractivity contribution in [3.8, 4) is 0 Å². The van der Waals surface area contributed by atoms with E-state index in [-0.39, 0.29) is 5.91 Å². The minimum absolute atomic E-state index is 0.185. The van der Waals surface area contributed by atoms with Crippen molar-refractivity contribution in [3.05, 3.63) is 29.4 Å². The number of carbonyl (C=O) groups excluding carboxylic acids is 1. The van der Waals surface area contributed by atoms with Crippen LogP contribution in [0, 0.1) is 0 Å². The van der Waals surface area contributed by atoms with Crippen LogP contribution < -0.4 is 10.2 Å². The second-order valence-corrected chi connectivity index (χ2v) is 9.04. The number of pyridine rings is 2. The van der Waals surface area contributed by atoms with Crippen LogP contribution in [0.25, 0.3) is 11.0 Å². The topological polar surface area (TPSA) is 87.1 Å². The molecule has 0 spiro atoms. The highest BCUT2D eigenvalue weighted by Gasteiger charge is 2.21. The van der Waals surface area contributed by atoms with Crippen molar-refractivity contribution in [1.29, 1.82) is 0 Å². The number of nitrogens with zero attached hydrogens (tertiary/aromatic N) is 6. The Morgan fingerprint density at radius 2 is 1.97 bits per heavy atom. The van der Waals surface area contributed by atoms with Crippen molar-refractivity contribution in [1.82, 2.24) is 25.1 Å². The molecule has 1 N–H and O–H groups in total. The summed E-state index contributed by atoms with van der Waals surface area (Å²) in [6, 6.07) is 5.94. The summed E-state index contributed by atoms with van der Waals surface area (Å²) in [7, 11) is 1.86. The van der Waals surface area contributed by atoms with Gasteiger partial charge in [-0.15, -0.1) is 10.2 Å². The van der Waals surface area contributed by atoms with Gasteiger partial charge in [0.1, 0.15) is 10.8 Å². The highest BCUT2D eigenvalue weighted by molar-refractivity contribution is 7.15. The quantitative estimate of drug-likeness (QED) is 0.687. The van der Waals surface area contributed by atoms with Crippen molar-refractivity contribution in [2.24, 2.45) is 0 Å². The molecule has 0 unspecified atom stereocenters. The summed E-state index contributed by atoms with van der Waals surface area (Å²) < 4.78 is 0. The first-order valence-corrected chi connectivity index (χ1v) is 11.3. The number of amides is 1. The number of carbonyl (C=O) groups is 1. The van der Waals surface area contributed by atoms with Gasteiger partial charge in [-0.3, -0.25) is 9.78 Å². The molecule has 3 aromatic heterocycles. The van der Waals surface area contributed by atoms with Crippen LogP contribution in [0.4, 0.5) is 16.6 Å². The zero-order valence-electron chi connectivity index (χ0n) is 17.0. The molecule has 2 fully saturated rings. The summed E-state index contributed by atoms with van der Waals surface area (Å²) >= 11 is 1.63. The van der Waals surface area contributed by atoms with Gasteiger partial charge in [0.25, 0.3) is 0 Å². The number of nitrogens with one attached hydrogen (secondary N) is 1. The molecular formula is C21H25N7OS. The summed E-state index contributed by atoms with van der Waals surface area (Å²) in [4.78, 5) is 25.3. The SMILES string of the molecule is CN1CCN(c2cnc3ccc(Nc4nnc(C5CCCC5)s4)nc3c2)CCC1=O. The van der Waals surface area contributed by atoms with Gasteiger partial charge in [0.2, 0.25) is 11.0 Å². The third-order valence-electron chi connectivity index (χ3n) is 5.99. The highest BCUT2D eigenvalue weighted by atomic mass is 32.1. The van der Waals surface area contributed by atoms with Gasteiger partial charge in [-0.25, -0.2) is 4.98 Å². The van der Waals surface area contributed by atoms with E-state index in [2.05, 4.69) is 25.4 Å². The fourth-order valence-electron chi connectivity index (χ4n) is 4.16. The van der Waals surface area contributed by atoms with Crippen molar-refractivity contribution in [3.63, 3.8) is 0 Å². The summed E-state index contributed by atoms with van der Waals surface area (Å²) in [6.45, 7) is 2.21. The molecule has 1 amide bonds. The number of anilines is 3. The van der Waals surface area contributed by atoms with Crippen LogP contribution in [-0.2, 0) is 4.79 Å². The zero-order chi connectivity index (χ0) is 20.5. The molecule has 3 aromatic rings. The lowest BCUT2D eigenvalue weighted by molar-refractivity contribution is -0.129. The first kappa shape index (κ1) is 19.2. The third kappa shape index (κ3) is 3.94. The average Bonchev–Trinajstić information content (AvgIpc) is 3.42. The average molecular weight is 424 g/mol. The highest BCUT2D eigenvalue weighted by Crippen LogP contribution is 2.37. The molecule has 1 saturated heterocycles. The molecule has 0 bridgehead atoms. The van der Waals surface area contributed by atoms with Crippen LogP contribution in [0.2, 0.25) is 0 Å². The Hall–Kier alpha value is -2.81. The van der Waals surface area contributed by atoms with E-state index in [1.165, 1.54) is 25.7 Å². The van der Waals surface area contributed by atoms with Crippen LogP contribution in [0.3, 0.4) is 0 Å². The van der Waals surface area contributed by atoms with Crippen LogP contribution in [0.5, 0.6) is 0 Å². The largest absolute Gasteiger partial charge is 0.368 e. The van der Waals surface area contributed by atoms with E-state index < -0.39 is 0 Å². The Morgan fingerprint density at radius 1 is 1.10 bits per heavy atom. The Kier molecular flexibility index (Phi) is 5.20. The van der Waals surface area contributed by atoms with E-state index in [0.717, 1.165) is 39.2 Å². The summed E-state index contributed by atoms with van der Waals surface area (Å²) in [5, 5.41) is 13.9. The van der Waals surface area contributed by atoms with E-state index in [1.54, 1.807) is 16.2 Å². The van der Waals surface area contributed by atoms with Gasteiger partial charge in [0.05, 0.1) is 22.9 Å². The molecule has 0 atom stereocenters. The molecule has 2 aliphatic rings. The van der Waals surface area contributed by atoms with Gasteiger partial charge in [-0.2, -0.15) is 0 Å². The predicted molar refractivity (Wildman–Crippen MR) is 118 cm³/mol. The zero-order valence-corrected chi connectivity index (χ0v) is 17.9. The molecule has 0 aromatic carbocycles. The second-order valence-electron chi connectivity index (χ2n) is 8.03. The molecule has 156 valence electrons. The molecule has 8 nitrogen and oxygen atoms in total. The van der Waals surface area contributed by atoms with E-state index >= 15 is 0 Å². The normalized spacial score (nSPS) is 18.2. The Balaban J connectivity index is 1.35. The third-order valence-corrected chi connectivity index (χ3v) is 7.00. The monoisotopic (exact) mass is 423 g/mol. The lowest BCUT2D eigenvalue weighted by Gasteiger charge is -2.22. The van der Waals surface area contributed by atoms with Crippen molar-refractivity contribution >= 4 is 44.9 Å². The molecule has 1 aliphatic heterocycles. The van der Waals surface area contributed by atoms with E-state index in [0.29, 0.717) is 25.4 Å². The van der Waals surface area contributed by atoms with Crippen LogP contribution in [0.15, 0.2) is 24.4 Å². The minimum atomic E-state index is 0.185. The minimum Gasteiger partial charge on any atom is -0.368 e. The smallest absolute Gasteiger partial charge is 0.224 e. The molecular weight excluding hydrogens is 398 g/mol. The number of hydrogen-bond donors (Lipinski definition) is 1. The van der Waals surface area contributed by atoms with Gasteiger partial charge in [0.15, 0.2) is 0 Å². The molecule has 9 heteroatoms. The predicted octanol–water partition coefficient (Wildman–Crippen LogP) is 3.55. The van der Waals surface area contributed by atoms with Crippen molar-refractivity contribution < 1.29 is 4.79 Å². The first-order valence-electron chi connectivity index (χ1n) is 10.5. The molecule has 4 heterocycles. The summed E-state index contributed by atoms with van der Waals surface area (Å²) in [6.07, 6.45) is 7.39. The first-order chi connectivity index (χ1) is 14.7. The van der Waals surface area contributed by atoms with Gasteiger partial charge in [-0.05, 0) is 31.0 Å². The standard InChI is InChI=1S/C21H25N7OS/c1-27-10-11-28(9-8-19(27)29)15-12-17-16(22-13-15)6-7-18(23-17)24-21-26-25-20(30-21)14-4-2-3-5-14/h6-7,12-14H,2-5,8-11H2,1H3,(H,23,24,26). The maximum Gasteiger partial charge on any atom is 0.224 e. The van der Waals surface area contributed by atoms with E-state index in [9.17, 15) is 4.79 Å². The Morgan fingerprint density at radius 3 is 2.83 bits per heavy atom. The number of rotatable bonds is 4. The molecule has 5 rings (SSSR count). The summed E-state index contributed by atoms with van der Waals surface area (Å²) in [5.41, 5.74) is 2.66. The van der Waals surface area contributed by atoms with E-state index in [4.69, 9.17) is 4.98 Å². The Labute approximate surface area is 179 Å². The van der Waals surface area contributed by atoms with Crippen LogP contribution in [-0.4, -0.2) is 57.7 Å². The van der Waals surface area contributed by atoms with Crippen molar-refractivity contribution in [2.45, 2.75) is 38.0 Å². The van der Waals surface area contributed by atoms with Gasteiger partial charge < -0.3 is 15.1 Å². The van der Waals surface area contributed by atoms with Crippen molar-refractivity contribution in [2.75, 3.05) is 36.9 Å². The van der Waals surface area contributed by atoms with Gasteiger partial charge in [0, 0.05) is 39.0 Å². The maximum absolute atomic E-state index is 12.0. The fourth-order valence-corrected chi connectivity index (χ4v) is 5.08. The fraction of sp³-hybridized carbons (Fsp3) is 0.476. The van der Waals surface area contributed by atoms with Gasteiger partial charge in [-0.1, -0.05) is 24.2 Å². The molecule has 30 heavy (non-hydrogen) atoms. The molecule has 0 radical (unpaired) electrons. The number of aromatic nitrogens is 4. The molecule has 1 saturated carbocycles. The van der Waals surface area contributed by atoms with Crippen LogP contribution in [0.1, 0.15) is 43.0 Å².